The van der Waals surface area contributed by atoms with E-state index in [9.17, 15) is 0 Å². The van der Waals surface area contributed by atoms with Crippen molar-refractivity contribution in [2.75, 3.05) is 20.3 Å². The third-order valence-electron chi connectivity index (χ3n) is 11.0. The molecule has 8 rings (SSSR count). The quantitative estimate of drug-likeness (QED) is 0.0810. The van der Waals surface area contributed by atoms with Crippen molar-refractivity contribution in [2.24, 2.45) is 0 Å². The lowest BCUT2D eigenvalue weighted by molar-refractivity contribution is -0.274. The Morgan fingerprint density at radius 3 is 1.62 bits per heavy atom. The highest BCUT2D eigenvalue weighted by Gasteiger charge is 2.49. The van der Waals surface area contributed by atoms with Crippen LogP contribution in [-0.2, 0) is 67.8 Å². The molecule has 1 fully saturated rings. The second-order valence-corrected chi connectivity index (χ2v) is 15.7. The number of hydrogen-bond acceptors (Lipinski definition) is 6. The van der Waals surface area contributed by atoms with Crippen LogP contribution in [0.3, 0.4) is 0 Å². The standard InChI is InChI=1S/C52H52ClNO6/c1-55-30-29-38-25-27-39(28-26-38)31-54-32-45(44-23-14-24-46(53)48(44)54)49-51(58-35-42-19-10-4-11-20-42)52(59-36-43-21-12-5-13-22-43)50(57-34-41-17-8-3-9-18-41)47(60-49)37-56-33-40-15-6-2-7-16-40/h2-28,32,47,49-52H,29-31,33-37H2,1H3/t47-,49+,50-,51+,52+/m1/s1. The van der Waals surface area contributed by atoms with Crippen molar-refractivity contribution in [2.45, 2.75) is 69.9 Å². The Labute approximate surface area is 358 Å². The van der Waals surface area contributed by atoms with Gasteiger partial charge in [-0.2, -0.15) is 0 Å². The second kappa shape index (κ2) is 20.9. The molecule has 6 aromatic carbocycles. The smallest absolute Gasteiger partial charge is 0.117 e. The predicted molar refractivity (Wildman–Crippen MR) is 237 cm³/mol. The summed E-state index contributed by atoms with van der Waals surface area (Å²) in [5.74, 6) is 0. The molecule has 60 heavy (non-hydrogen) atoms. The predicted octanol–water partition coefficient (Wildman–Crippen LogP) is 10.9. The molecule has 1 saturated heterocycles. The monoisotopic (exact) mass is 821 g/mol. The van der Waals surface area contributed by atoms with Gasteiger partial charge >= 0.3 is 0 Å². The van der Waals surface area contributed by atoms with Gasteiger partial charge in [0, 0.05) is 30.8 Å². The summed E-state index contributed by atoms with van der Waals surface area (Å²) in [7, 11) is 1.73. The van der Waals surface area contributed by atoms with E-state index in [0.29, 0.717) is 44.6 Å². The van der Waals surface area contributed by atoms with Gasteiger partial charge in [-0.15, -0.1) is 0 Å². The first kappa shape index (κ1) is 41.6. The zero-order chi connectivity index (χ0) is 40.9. The third-order valence-corrected chi connectivity index (χ3v) is 11.3. The van der Waals surface area contributed by atoms with E-state index in [1.807, 2.05) is 84.9 Å². The van der Waals surface area contributed by atoms with Crippen LogP contribution >= 0.6 is 11.6 Å². The molecule has 0 bridgehead atoms. The van der Waals surface area contributed by atoms with Crippen molar-refractivity contribution in [3.63, 3.8) is 0 Å². The van der Waals surface area contributed by atoms with Gasteiger partial charge in [0.1, 0.15) is 30.5 Å². The van der Waals surface area contributed by atoms with E-state index in [-0.39, 0.29) is 6.61 Å². The number of rotatable bonds is 19. The topological polar surface area (TPSA) is 60.3 Å². The molecule has 308 valence electrons. The molecule has 7 nitrogen and oxygen atoms in total. The molecule has 0 saturated carbocycles. The van der Waals surface area contributed by atoms with Gasteiger partial charge in [-0.1, -0.05) is 169 Å². The van der Waals surface area contributed by atoms with E-state index in [4.69, 9.17) is 40.0 Å². The number of benzene rings is 6. The van der Waals surface area contributed by atoms with Crippen molar-refractivity contribution in [3.8, 4) is 0 Å². The molecule has 0 N–H and O–H groups in total. The molecule has 1 aliphatic heterocycles. The van der Waals surface area contributed by atoms with Crippen molar-refractivity contribution >= 4 is 22.5 Å². The molecule has 0 amide bonds. The molecular weight excluding hydrogens is 770 g/mol. The fraction of sp³-hybridized carbons (Fsp3) is 0.269. The maximum absolute atomic E-state index is 7.34. The average Bonchev–Trinajstić information content (AvgIpc) is 3.67. The van der Waals surface area contributed by atoms with Gasteiger partial charge in [-0.05, 0) is 45.9 Å². The van der Waals surface area contributed by atoms with Crippen molar-refractivity contribution < 1.29 is 28.4 Å². The lowest BCUT2D eigenvalue weighted by Crippen LogP contribution is -2.58. The molecule has 2 heterocycles. The molecule has 8 heteroatoms. The Hall–Kier alpha value is -5.09. The van der Waals surface area contributed by atoms with Gasteiger partial charge in [-0.3, -0.25) is 0 Å². The van der Waals surface area contributed by atoms with Crippen molar-refractivity contribution in [3.05, 3.63) is 214 Å². The molecule has 5 atom stereocenters. The Bertz CT molecular complexity index is 2340. The van der Waals surface area contributed by atoms with Crippen molar-refractivity contribution in [1.29, 1.82) is 0 Å². The number of hydrogen-bond donors (Lipinski definition) is 0. The van der Waals surface area contributed by atoms with E-state index in [0.717, 1.165) is 50.7 Å². The highest BCUT2D eigenvalue weighted by Crippen LogP contribution is 2.43. The van der Waals surface area contributed by atoms with Gasteiger partial charge in [0.2, 0.25) is 0 Å². The largest absolute Gasteiger partial charge is 0.384 e. The molecule has 1 aliphatic rings. The zero-order valence-electron chi connectivity index (χ0n) is 34.0. The Kier molecular flexibility index (Phi) is 14.5. The fourth-order valence-electron chi connectivity index (χ4n) is 7.96. The van der Waals surface area contributed by atoms with Crippen LogP contribution in [0.1, 0.15) is 45.0 Å². The lowest BCUT2D eigenvalue weighted by Gasteiger charge is -2.46. The number of aromatic nitrogens is 1. The van der Waals surface area contributed by atoms with E-state index in [1.54, 1.807) is 7.11 Å². The summed E-state index contributed by atoms with van der Waals surface area (Å²) in [6.45, 7) is 3.09. The van der Waals surface area contributed by atoms with E-state index >= 15 is 0 Å². The molecule has 1 aromatic heterocycles. The summed E-state index contributed by atoms with van der Waals surface area (Å²) < 4.78 is 42.4. The average molecular weight is 822 g/mol. The summed E-state index contributed by atoms with van der Waals surface area (Å²) in [4.78, 5) is 0. The number of ether oxygens (including phenoxy) is 6. The van der Waals surface area contributed by atoms with Gasteiger partial charge in [0.05, 0.1) is 50.2 Å². The number of nitrogens with zero attached hydrogens (tertiary/aromatic N) is 1. The van der Waals surface area contributed by atoms with Gasteiger partial charge < -0.3 is 33.0 Å². The minimum absolute atomic E-state index is 0.274. The van der Waals surface area contributed by atoms with E-state index in [1.165, 1.54) is 5.56 Å². The Balaban J connectivity index is 1.20. The SMILES string of the molecule is COCCc1ccc(Cn2cc([C@@H]3O[C@H](COCc4ccccc4)[C@@H](OCc4ccccc4)[C@H](OCc4ccccc4)[C@H]3OCc3ccccc3)c3cccc(Cl)c32)cc1. The second-order valence-electron chi connectivity index (χ2n) is 15.3. The van der Waals surface area contributed by atoms with Crippen LogP contribution in [0.2, 0.25) is 5.02 Å². The molecule has 0 spiro atoms. The highest BCUT2D eigenvalue weighted by atomic mass is 35.5. The molecule has 0 aliphatic carbocycles. The number of methoxy groups -OCH3 is 1. The zero-order valence-corrected chi connectivity index (χ0v) is 34.7. The summed E-state index contributed by atoms with van der Waals surface area (Å²) in [6, 6.07) is 55.6. The minimum atomic E-state index is -0.585. The van der Waals surface area contributed by atoms with Gasteiger partial charge in [0.15, 0.2) is 0 Å². The van der Waals surface area contributed by atoms with Gasteiger partial charge in [-0.25, -0.2) is 0 Å². The maximum Gasteiger partial charge on any atom is 0.117 e. The normalized spacial score (nSPS) is 19.1. The van der Waals surface area contributed by atoms with Crippen LogP contribution in [0.25, 0.3) is 10.9 Å². The first-order valence-electron chi connectivity index (χ1n) is 20.7. The fourth-order valence-corrected chi connectivity index (χ4v) is 8.24. The Morgan fingerprint density at radius 1 is 0.533 bits per heavy atom. The maximum atomic E-state index is 7.34. The van der Waals surface area contributed by atoms with Crippen LogP contribution < -0.4 is 0 Å². The highest BCUT2D eigenvalue weighted by molar-refractivity contribution is 6.35. The van der Waals surface area contributed by atoms with Crippen LogP contribution in [0.5, 0.6) is 0 Å². The first-order valence-corrected chi connectivity index (χ1v) is 21.1. The minimum Gasteiger partial charge on any atom is -0.384 e. The number of fused-ring (bicyclic) bond motifs is 1. The summed E-state index contributed by atoms with van der Waals surface area (Å²) in [5, 5.41) is 1.66. The van der Waals surface area contributed by atoms with Crippen LogP contribution in [-0.4, -0.2) is 49.3 Å². The summed E-state index contributed by atoms with van der Waals surface area (Å²) in [6.07, 6.45) is 0.266. The third kappa shape index (κ3) is 10.6. The van der Waals surface area contributed by atoms with Gasteiger partial charge in [0.25, 0.3) is 0 Å². The van der Waals surface area contributed by atoms with Crippen LogP contribution in [0.15, 0.2) is 170 Å². The van der Waals surface area contributed by atoms with E-state index < -0.39 is 30.5 Å². The Morgan fingerprint density at radius 2 is 1.05 bits per heavy atom. The number of para-hydroxylation sites is 1. The van der Waals surface area contributed by atoms with E-state index in [2.05, 4.69) is 89.6 Å². The summed E-state index contributed by atoms with van der Waals surface area (Å²) >= 11 is 7.09. The van der Waals surface area contributed by atoms with Crippen molar-refractivity contribution in [1.82, 2.24) is 4.57 Å². The summed E-state index contributed by atoms with van der Waals surface area (Å²) in [5.41, 5.74) is 8.52. The first-order chi connectivity index (χ1) is 29.6. The number of halogens is 1. The van der Waals surface area contributed by atoms with Crippen LogP contribution in [0, 0.1) is 0 Å². The molecule has 0 unspecified atom stereocenters. The van der Waals surface area contributed by atoms with Crippen LogP contribution in [0.4, 0.5) is 0 Å². The molecule has 0 radical (unpaired) electrons. The molecule has 7 aromatic rings. The molecular formula is C52H52ClNO6. The lowest BCUT2D eigenvalue weighted by atomic mass is 9.90.